The van der Waals surface area contributed by atoms with Gasteiger partial charge in [0.2, 0.25) is 0 Å². The molecule has 0 amide bonds. The summed E-state index contributed by atoms with van der Waals surface area (Å²) in [7, 11) is 0. The summed E-state index contributed by atoms with van der Waals surface area (Å²) in [6.45, 7) is 6.69. The van der Waals surface area contributed by atoms with Crippen molar-refractivity contribution < 1.29 is 0 Å². The van der Waals surface area contributed by atoms with Gasteiger partial charge in [0.15, 0.2) is 0 Å². The number of nitrogens with zero attached hydrogens (tertiary/aromatic N) is 1. The third kappa shape index (κ3) is 1.56. The summed E-state index contributed by atoms with van der Waals surface area (Å²) in [6.07, 6.45) is 2.17. The van der Waals surface area contributed by atoms with Crippen molar-refractivity contribution >= 4 is 33.5 Å². The van der Waals surface area contributed by atoms with E-state index in [1.165, 1.54) is 14.5 Å². The molecule has 0 spiro atoms. The average Bonchev–Trinajstić information content (AvgIpc) is 2.47. The first kappa shape index (κ1) is 10.0. The van der Waals surface area contributed by atoms with E-state index in [-0.39, 0.29) is 5.54 Å². The van der Waals surface area contributed by atoms with Crippen LogP contribution in [0.25, 0.3) is 10.9 Å². The van der Waals surface area contributed by atoms with Crippen LogP contribution in [0.5, 0.6) is 0 Å². The molecule has 74 valence electrons. The Balaban J connectivity index is 2.76. The lowest BCUT2D eigenvalue weighted by Crippen LogP contribution is -2.20. The van der Waals surface area contributed by atoms with Crippen LogP contribution in [0.3, 0.4) is 0 Å². The van der Waals surface area contributed by atoms with Crippen molar-refractivity contribution in [2.24, 2.45) is 0 Å². The summed E-state index contributed by atoms with van der Waals surface area (Å²) in [5, 5.41) is 1.35. The van der Waals surface area contributed by atoms with Gasteiger partial charge >= 0.3 is 0 Å². The lowest BCUT2D eigenvalue weighted by atomic mass is 10.1. The molecule has 0 aliphatic heterocycles. The minimum absolute atomic E-state index is 0.159. The van der Waals surface area contributed by atoms with Crippen LogP contribution in [0, 0.1) is 3.57 Å². The Morgan fingerprint density at radius 3 is 2.50 bits per heavy atom. The molecule has 0 unspecified atom stereocenters. The molecule has 0 aliphatic carbocycles. The summed E-state index contributed by atoms with van der Waals surface area (Å²) < 4.78 is 3.65. The van der Waals surface area contributed by atoms with E-state index in [1.54, 1.807) is 0 Å². The normalized spacial score (nSPS) is 12.3. The van der Waals surface area contributed by atoms with Crippen molar-refractivity contribution in [3.63, 3.8) is 0 Å². The molecule has 2 heteroatoms. The van der Waals surface area contributed by atoms with Gasteiger partial charge in [-0.1, -0.05) is 6.07 Å². The molecule has 14 heavy (non-hydrogen) atoms. The highest BCUT2D eigenvalue weighted by molar-refractivity contribution is 14.1. The van der Waals surface area contributed by atoms with E-state index < -0.39 is 0 Å². The summed E-state index contributed by atoms with van der Waals surface area (Å²) in [6, 6.07) is 8.65. The van der Waals surface area contributed by atoms with Crippen molar-refractivity contribution in [2.75, 3.05) is 0 Å². The quantitative estimate of drug-likeness (QED) is 0.648. The van der Waals surface area contributed by atoms with Gasteiger partial charge in [0.05, 0.1) is 0 Å². The maximum Gasteiger partial charge on any atom is 0.0495 e. The predicted octanol–water partition coefficient (Wildman–Crippen LogP) is 4.00. The lowest BCUT2D eigenvalue weighted by molar-refractivity contribution is 0.411. The van der Waals surface area contributed by atoms with Gasteiger partial charge in [0.25, 0.3) is 0 Å². The highest BCUT2D eigenvalue weighted by Crippen LogP contribution is 2.26. The number of fused-ring (bicyclic) bond motifs is 1. The van der Waals surface area contributed by atoms with Gasteiger partial charge in [0.1, 0.15) is 0 Å². The van der Waals surface area contributed by atoms with Crippen LogP contribution >= 0.6 is 22.6 Å². The van der Waals surface area contributed by atoms with E-state index in [0.717, 1.165) is 0 Å². The fraction of sp³-hybridized carbons (Fsp3) is 0.333. The molecule has 0 atom stereocenters. The minimum atomic E-state index is 0.159. The number of hydrogen-bond donors (Lipinski definition) is 0. The van der Waals surface area contributed by atoms with E-state index in [2.05, 4.69) is 78.4 Å². The van der Waals surface area contributed by atoms with Gasteiger partial charge in [-0.3, -0.25) is 0 Å². The Hall–Kier alpha value is -0.510. The van der Waals surface area contributed by atoms with Crippen molar-refractivity contribution in [3.05, 3.63) is 34.0 Å². The molecule has 0 saturated heterocycles. The minimum Gasteiger partial charge on any atom is -0.342 e. The van der Waals surface area contributed by atoms with Crippen LogP contribution in [-0.4, -0.2) is 4.57 Å². The first-order valence-corrected chi connectivity index (χ1v) is 5.84. The standard InChI is InChI=1S/C12H14IN/c1-12(2,3)14-8-7-9-10(13)5-4-6-11(9)14/h4-8H,1-3H3. The van der Waals surface area contributed by atoms with Gasteiger partial charge in [-0.15, -0.1) is 0 Å². The first-order chi connectivity index (χ1) is 6.50. The smallest absolute Gasteiger partial charge is 0.0495 e. The molecule has 1 aromatic heterocycles. The Morgan fingerprint density at radius 1 is 1.14 bits per heavy atom. The molecule has 1 aromatic carbocycles. The fourth-order valence-electron chi connectivity index (χ4n) is 1.72. The zero-order valence-corrected chi connectivity index (χ0v) is 10.9. The predicted molar refractivity (Wildman–Crippen MR) is 69.7 cm³/mol. The van der Waals surface area contributed by atoms with Gasteiger partial charge in [0, 0.05) is 26.2 Å². The lowest BCUT2D eigenvalue weighted by Gasteiger charge is -2.22. The Bertz CT molecular complexity index is 463. The van der Waals surface area contributed by atoms with Crippen molar-refractivity contribution in [1.82, 2.24) is 4.57 Å². The summed E-state index contributed by atoms with van der Waals surface area (Å²) in [5.41, 5.74) is 1.48. The van der Waals surface area contributed by atoms with Crippen molar-refractivity contribution in [2.45, 2.75) is 26.3 Å². The zero-order valence-electron chi connectivity index (χ0n) is 8.71. The van der Waals surface area contributed by atoms with Crippen molar-refractivity contribution in [3.8, 4) is 0 Å². The molecule has 2 aromatic rings. The van der Waals surface area contributed by atoms with E-state index in [1.807, 2.05) is 0 Å². The molecule has 0 saturated carbocycles. The van der Waals surface area contributed by atoms with Crippen LogP contribution in [-0.2, 0) is 5.54 Å². The van der Waals surface area contributed by atoms with Gasteiger partial charge < -0.3 is 4.57 Å². The molecule has 1 heterocycles. The van der Waals surface area contributed by atoms with Gasteiger partial charge in [-0.2, -0.15) is 0 Å². The Kier molecular flexibility index (Phi) is 2.33. The van der Waals surface area contributed by atoms with E-state index in [4.69, 9.17) is 0 Å². The molecule has 2 rings (SSSR count). The molecule has 0 bridgehead atoms. The van der Waals surface area contributed by atoms with Crippen LogP contribution in [0.4, 0.5) is 0 Å². The maximum absolute atomic E-state index is 2.39. The largest absolute Gasteiger partial charge is 0.342 e. The molecular weight excluding hydrogens is 285 g/mol. The summed E-state index contributed by atoms with van der Waals surface area (Å²) in [5.74, 6) is 0. The average molecular weight is 299 g/mol. The molecule has 1 nitrogen and oxygen atoms in total. The fourth-order valence-corrected chi connectivity index (χ4v) is 2.38. The number of hydrogen-bond acceptors (Lipinski definition) is 0. The van der Waals surface area contributed by atoms with Crippen molar-refractivity contribution in [1.29, 1.82) is 0 Å². The maximum atomic E-state index is 2.39. The van der Waals surface area contributed by atoms with Crippen LogP contribution in [0.15, 0.2) is 30.5 Å². The Morgan fingerprint density at radius 2 is 1.86 bits per heavy atom. The molecule has 0 fully saturated rings. The first-order valence-electron chi connectivity index (χ1n) is 4.76. The number of halogens is 1. The van der Waals surface area contributed by atoms with Gasteiger partial charge in [-0.05, 0) is 61.6 Å². The second kappa shape index (κ2) is 3.26. The van der Waals surface area contributed by atoms with E-state index in [9.17, 15) is 0 Å². The van der Waals surface area contributed by atoms with Crippen LogP contribution < -0.4 is 0 Å². The molecular formula is C12H14IN. The van der Waals surface area contributed by atoms with E-state index >= 15 is 0 Å². The molecule has 0 aliphatic rings. The highest BCUT2D eigenvalue weighted by atomic mass is 127. The summed E-state index contributed by atoms with van der Waals surface area (Å²) in [4.78, 5) is 0. The van der Waals surface area contributed by atoms with Crippen LogP contribution in [0.1, 0.15) is 20.8 Å². The Labute approximate surface area is 98.3 Å². The third-order valence-electron chi connectivity index (χ3n) is 2.40. The number of aromatic nitrogens is 1. The summed E-state index contributed by atoms with van der Waals surface area (Å²) >= 11 is 2.39. The monoisotopic (exact) mass is 299 g/mol. The number of rotatable bonds is 0. The van der Waals surface area contributed by atoms with E-state index in [0.29, 0.717) is 0 Å². The van der Waals surface area contributed by atoms with Crippen LogP contribution in [0.2, 0.25) is 0 Å². The third-order valence-corrected chi connectivity index (χ3v) is 3.34. The highest BCUT2D eigenvalue weighted by Gasteiger charge is 2.15. The second-order valence-electron chi connectivity index (χ2n) is 4.53. The topological polar surface area (TPSA) is 4.93 Å². The second-order valence-corrected chi connectivity index (χ2v) is 5.69. The zero-order chi connectivity index (χ0) is 10.3. The molecule has 0 N–H and O–H groups in total. The molecule has 0 radical (unpaired) electrons. The number of benzene rings is 1. The van der Waals surface area contributed by atoms with Gasteiger partial charge in [-0.25, -0.2) is 0 Å². The SMILES string of the molecule is CC(C)(C)n1ccc2c(I)cccc21.